The van der Waals surface area contributed by atoms with Crippen LogP contribution in [0.25, 0.3) is 0 Å². The summed E-state index contributed by atoms with van der Waals surface area (Å²) >= 11 is 5.64. The zero-order chi connectivity index (χ0) is 11.1. The summed E-state index contributed by atoms with van der Waals surface area (Å²) in [4.78, 5) is 18.9. The van der Waals surface area contributed by atoms with Crippen LogP contribution in [0, 0.1) is 10.1 Å². The normalized spacial score (nSPS) is 38.3. The number of nitro groups is 1. The number of rotatable bonds is 1. The van der Waals surface area contributed by atoms with Crippen molar-refractivity contribution < 1.29 is 19.2 Å². The summed E-state index contributed by atoms with van der Waals surface area (Å²) in [6, 6.07) is 0. The van der Waals surface area contributed by atoms with E-state index in [9.17, 15) is 14.9 Å². The Morgan fingerprint density at radius 3 is 2.40 bits per heavy atom. The number of carbonyl (C=O) groups is 1. The lowest BCUT2D eigenvalue weighted by Gasteiger charge is -2.23. The highest BCUT2D eigenvalue weighted by atomic mass is 35.5. The van der Waals surface area contributed by atoms with Crippen LogP contribution < -0.4 is 0 Å². The molecule has 0 N–H and O–H groups in total. The minimum atomic E-state index is -1.79. The summed E-state index contributed by atoms with van der Waals surface area (Å²) in [6.45, 7) is -0.178. The fraction of sp³-hybridized carbons (Fsp3) is 0.375. The van der Waals surface area contributed by atoms with Crippen molar-refractivity contribution in [1.82, 2.24) is 0 Å². The van der Waals surface area contributed by atoms with Crippen LogP contribution in [-0.4, -0.2) is 28.3 Å². The number of esters is 1. The molecule has 0 bridgehead atoms. The second-order valence-corrected chi connectivity index (χ2v) is 3.74. The molecule has 15 heavy (non-hydrogen) atoms. The van der Waals surface area contributed by atoms with Crippen LogP contribution in [-0.2, 0) is 14.3 Å². The first-order valence-corrected chi connectivity index (χ1v) is 4.44. The average molecular weight is 232 g/mol. The van der Waals surface area contributed by atoms with Crippen LogP contribution in [0.15, 0.2) is 24.3 Å². The van der Waals surface area contributed by atoms with Gasteiger partial charge in [0.1, 0.15) is 6.61 Å². The Morgan fingerprint density at radius 1 is 1.40 bits per heavy atom. The third-order valence-corrected chi connectivity index (χ3v) is 2.46. The van der Waals surface area contributed by atoms with E-state index in [1.807, 2.05) is 0 Å². The summed E-state index contributed by atoms with van der Waals surface area (Å²) in [5.74, 6) is -1.83. The number of carbonyl (C=O) groups excluding carboxylic acids is 1. The van der Waals surface area contributed by atoms with E-state index in [0.717, 1.165) is 12.2 Å². The van der Waals surface area contributed by atoms with Crippen molar-refractivity contribution in [2.75, 3.05) is 6.61 Å². The van der Waals surface area contributed by atoms with Crippen molar-refractivity contribution in [1.29, 1.82) is 0 Å². The molecule has 0 unspecified atom stereocenters. The molecule has 2 aliphatic rings. The lowest BCUT2D eigenvalue weighted by Crippen LogP contribution is -2.35. The van der Waals surface area contributed by atoms with Gasteiger partial charge in [-0.2, -0.15) is 0 Å². The number of nitrogens with zero attached hydrogens (tertiary/aromatic N) is 1. The average Bonchev–Trinajstić information content (AvgIpc) is 2.54. The van der Waals surface area contributed by atoms with Gasteiger partial charge in [-0.15, -0.1) is 0 Å². The van der Waals surface area contributed by atoms with Crippen LogP contribution in [0.3, 0.4) is 0 Å². The Hall–Kier alpha value is -1.40. The fourth-order valence-electron chi connectivity index (χ4n) is 1.27. The minimum Gasteiger partial charge on any atom is -0.424 e. The van der Waals surface area contributed by atoms with Crippen molar-refractivity contribution in [3.63, 3.8) is 0 Å². The first-order chi connectivity index (χ1) is 6.96. The van der Waals surface area contributed by atoms with Crippen molar-refractivity contribution >= 4 is 17.6 Å². The molecule has 2 rings (SSSR count). The standard InChI is InChI=1S/C8H6ClNO5/c9-7(10(12)13)1-3-8(4-2-7)14-5-6(11)15-8/h1-4H,5H2. The topological polar surface area (TPSA) is 78.7 Å². The van der Waals surface area contributed by atoms with E-state index in [4.69, 9.17) is 21.1 Å². The van der Waals surface area contributed by atoms with Crippen LogP contribution in [0.2, 0.25) is 0 Å². The molecule has 1 fully saturated rings. The van der Waals surface area contributed by atoms with Crippen molar-refractivity contribution in [3.8, 4) is 0 Å². The smallest absolute Gasteiger partial charge is 0.335 e. The van der Waals surface area contributed by atoms with Gasteiger partial charge >= 0.3 is 11.0 Å². The second-order valence-electron chi connectivity index (χ2n) is 3.14. The van der Waals surface area contributed by atoms with Gasteiger partial charge in [0, 0.05) is 12.2 Å². The quantitative estimate of drug-likeness (QED) is 0.165. The maximum atomic E-state index is 10.8. The van der Waals surface area contributed by atoms with Crippen molar-refractivity contribution in [3.05, 3.63) is 34.4 Å². The predicted molar refractivity (Wildman–Crippen MR) is 48.6 cm³/mol. The molecular weight excluding hydrogens is 226 g/mol. The van der Waals surface area contributed by atoms with Gasteiger partial charge in [0.15, 0.2) is 0 Å². The summed E-state index contributed by atoms with van der Waals surface area (Å²) in [7, 11) is 0. The zero-order valence-electron chi connectivity index (χ0n) is 7.38. The number of hydrogen-bond acceptors (Lipinski definition) is 5. The molecule has 0 aromatic carbocycles. The van der Waals surface area contributed by atoms with Gasteiger partial charge in [-0.25, -0.2) is 4.79 Å². The highest BCUT2D eigenvalue weighted by Crippen LogP contribution is 2.33. The second kappa shape index (κ2) is 3.04. The third kappa shape index (κ3) is 1.62. The van der Waals surface area contributed by atoms with Crippen molar-refractivity contribution in [2.24, 2.45) is 0 Å². The van der Waals surface area contributed by atoms with Gasteiger partial charge in [-0.1, -0.05) is 0 Å². The molecule has 1 saturated heterocycles. The van der Waals surface area contributed by atoms with Gasteiger partial charge < -0.3 is 9.47 Å². The highest BCUT2D eigenvalue weighted by molar-refractivity contribution is 6.25. The summed E-state index contributed by atoms with van der Waals surface area (Å²) in [6.07, 6.45) is 4.75. The molecule has 0 atom stereocenters. The van der Waals surface area contributed by atoms with Gasteiger partial charge in [-0.05, 0) is 23.8 Å². The maximum Gasteiger partial charge on any atom is 0.335 e. The molecule has 1 aliphatic heterocycles. The van der Waals surface area contributed by atoms with Crippen molar-refractivity contribution in [2.45, 2.75) is 10.8 Å². The van der Waals surface area contributed by atoms with Crippen LogP contribution >= 0.6 is 11.6 Å². The molecule has 0 amide bonds. The molecule has 1 heterocycles. The Balaban J connectivity index is 2.24. The van der Waals surface area contributed by atoms with E-state index in [0.29, 0.717) is 0 Å². The van der Waals surface area contributed by atoms with Gasteiger partial charge in [-0.3, -0.25) is 10.1 Å². The van der Waals surface area contributed by atoms with Crippen LogP contribution in [0.1, 0.15) is 0 Å². The molecule has 1 spiro atoms. The molecule has 80 valence electrons. The lowest BCUT2D eigenvalue weighted by molar-refractivity contribution is -0.514. The van der Waals surface area contributed by atoms with E-state index >= 15 is 0 Å². The highest BCUT2D eigenvalue weighted by Gasteiger charge is 2.45. The molecular formula is C8H6ClNO5. The minimum absolute atomic E-state index is 0.178. The molecule has 7 heteroatoms. The van der Waals surface area contributed by atoms with Crippen LogP contribution in [0.4, 0.5) is 0 Å². The SMILES string of the molecule is O=C1COC2(C=CC(Cl)([N+](=O)[O-])C=C2)O1. The third-order valence-electron chi connectivity index (χ3n) is 2.07. The van der Waals surface area contributed by atoms with E-state index in [2.05, 4.69) is 0 Å². The lowest BCUT2D eigenvalue weighted by atomic mass is 10.1. The largest absolute Gasteiger partial charge is 0.424 e. The molecule has 1 aliphatic carbocycles. The fourth-order valence-corrected chi connectivity index (χ4v) is 1.40. The molecule has 0 saturated carbocycles. The van der Waals surface area contributed by atoms with E-state index in [1.165, 1.54) is 12.2 Å². The number of hydrogen-bond donors (Lipinski definition) is 0. The van der Waals surface area contributed by atoms with E-state index < -0.39 is 21.7 Å². The summed E-state index contributed by atoms with van der Waals surface area (Å²) in [5, 5.41) is 10.6. The number of halogens is 1. The molecule has 0 aromatic heterocycles. The Labute approximate surface area is 89.2 Å². The molecule has 0 aromatic rings. The Morgan fingerprint density at radius 2 is 2.00 bits per heavy atom. The molecule has 6 nitrogen and oxygen atoms in total. The van der Waals surface area contributed by atoms with Gasteiger partial charge in [0.25, 0.3) is 5.79 Å². The maximum absolute atomic E-state index is 10.8. The molecule has 0 radical (unpaired) electrons. The first-order valence-electron chi connectivity index (χ1n) is 4.06. The van der Waals surface area contributed by atoms with Gasteiger partial charge in [0.05, 0.1) is 4.92 Å². The van der Waals surface area contributed by atoms with Gasteiger partial charge in [0.2, 0.25) is 0 Å². The Kier molecular flexibility index (Phi) is 2.06. The van der Waals surface area contributed by atoms with E-state index in [1.54, 1.807) is 0 Å². The zero-order valence-corrected chi connectivity index (χ0v) is 8.14. The summed E-state index contributed by atoms with van der Waals surface area (Å²) in [5.41, 5.74) is 0. The summed E-state index contributed by atoms with van der Waals surface area (Å²) < 4.78 is 9.89. The first kappa shape index (κ1) is 10.1. The number of ether oxygens (including phenoxy) is 2. The van der Waals surface area contributed by atoms with E-state index in [-0.39, 0.29) is 6.61 Å². The monoisotopic (exact) mass is 231 g/mol. The predicted octanol–water partition coefficient (Wildman–Crippen LogP) is 0.594. The Bertz CT molecular complexity index is 374. The van der Waals surface area contributed by atoms with Crippen LogP contribution in [0.5, 0.6) is 0 Å². The number of alkyl halides is 1.